The maximum atomic E-state index is 13.6. The van der Waals surface area contributed by atoms with Crippen LogP contribution in [0.15, 0.2) is 36.4 Å². The summed E-state index contributed by atoms with van der Waals surface area (Å²) in [5, 5.41) is 22.5. The lowest BCUT2D eigenvalue weighted by Gasteiger charge is -2.08. The van der Waals surface area contributed by atoms with Crippen molar-refractivity contribution in [3.63, 3.8) is 0 Å². The Kier molecular flexibility index (Phi) is 3.84. The van der Waals surface area contributed by atoms with Crippen LogP contribution in [0.25, 0.3) is 0 Å². The van der Waals surface area contributed by atoms with Crippen molar-refractivity contribution in [2.75, 3.05) is 5.32 Å². The summed E-state index contributed by atoms with van der Waals surface area (Å²) in [6.07, 6.45) is 0. The number of aromatic hydroxyl groups is 1. The van der Waals surface area contributed by atoms with Gasteiger partial charge in [-0.15, -0.1) is 0 Å². The minimum absolute atomic E-state index is 0.0855. The van der Waals surface area contributed by atoms with E-state index < -0.39 is 22.3 Å². The van der Waals surface area contributed by atoms with Gasteiger partial charge in [0.15, 0.2) is 0 Å². The number of hydrogen-bond donors (Lipinski definition) is 2. The molecular weight excluding hydrogens is 279 g/mol. The Morgan fingerprint density at radius 1 is 1.29 bits per heavy atom. The molecule has 2 aromatic carbocycles. The molecule has 0 aromatic heterocycles. The van der Waals surface area contributed by atoms with E-state index in [2.05, 4.69) is 5.32 Å². The number of phenols is 1. The first kappa shape index (κ1) is 14.4. The molecule has 0 heterocycles. The topological polar surface area (TPSA) is 92.5 Å². The highest BCUT2D eigenvalue weighted by molar-refractivity contribution is 6.07. The number of phenolic OH excluding ortho intramolecular Hbond substituents is 1. The third-order valence-electron chi connectivity index (χ3n) is 2.79. The summed E-state index contributed by atoms with van der Waals surface area (Å²) in [5.41, 5.74) is -0.186. The zero-order valence-corrected chi connectivity index (χ0v) is 11.0. The molecule has 0 aliphatic carbocycles. The van der Waals surface area contributed by atoms with E-state index in [4.69, 9.17) is 0 Å². The molecule has 2 aromatic rings. The Hall–Kier alpha value is -2.96. The first-order valence-corrected chi connectivity index (χ1v) is 5.93. The number of nitro groups is 1. The number of aryl methyl sites for hydroxylation is 1. The molecule has 108 valence electrons. The Labute approximate surface area is 119 Å². The fourth-order valence-electron chi connectivity index (χ4n) is 1.79. The fourth-order valence-corrected chi connectivity index (χ4v) is 1.79. The molecule has 2 rings (SSSR count). The van der Waals surface area contributed by atoms with Crippen molar-refractivity contribution in [2.24, 2.45) is 0 Å². The smallest absolute Gasteiger partial charge is 0.282 e. The van der Waals surface area contributed by atoms with Crippen LogP contribution >= 0.6 is 0 Å². The largest absolute Gasteiger partial charge is 0.508 e. The molecule has 0 saturated carbocycles. The summed E-state index contributed by atoms with van der Waals surface area (Å²) in [6, 6.07) is 7.19. The van der Waals surface area contributed by atoms with Gasteiger partial charge >= 0.3 is 0 Å². The first-order valence-electron chi connectivity index (χ1n) is 5.93. The highest BCUT2D eigenvalue weighted by Crippen LogP contribution is 2.25. The molecule has 7 heteroatoms. The molecular formula is C14H11FN2O4. The Morgan fingerprint density at radius 2 is 2.00 bits per heavy atom. The summed E-state index contributed by atoms with van der Waals surface area (Å²) >= 11 is 0. The van der Waals surface area contributed by atoms with Crippen molar-refractivity contribution in [3.05, 3.63) is 63.5 Å². The van der Waals surface area contributed by atoms with Gasteiger partial charge in [0.1, 0.15) is 17.1 Å². The van der Waals surface area contributed by atoms with Crippen LogP contribution < -0.4 is 5.32 Å². The van der Waals surface area contributed by atoms with Crippen LogP contribution in [0.4, 0.5) is 15.8 Å². The number of halogens is 1. The molecule has 0 unspecified atom stereocenters. The summed E-state index contributed by atoms with van der Waals surface area (Å²) < 4.78 is 13.6. The lowest BCUT2D eigenvalue weighted by atomic mass is 10.1. The van der Waals surface area contributed by atoms with Crippen molar-refractivity contribution in [2.45, 2.75) is 6.92 Å². The van der Waals surface area contributed by atoms with Crippen LogP contribution in [0.3, 0.4) is 0 Å². The van der Waals surface area contributed by atoms with E-state index in [1.54, 1.807) is 6.92 Å². The fraction of sp³-hybridized carbons (Fsp3) is 0.0714. The third-order valence-corrected chi connectivity index (χ3v) is 2.79. The maximum Gasteiger partial charge on any atom is 0.282 e. The van der Waals surface area contributed by atoms with Crippen LogP contribution in [0, 0.1) is 22.9 Å². The molecule has 0 radical (unpaired) electrons. The van der Waals surface area contributed by atoms with Crippen LogP contribution in [0.2, 0.25) is 0 Å². The van der Waals surface area contributed by atoms with Crippen molar-refractivity contribution in [3.8, 4) is 5.75 Å². The van der Waals surface area contributed by atoms with Gasteiger partial charge in [-0.2, -0.15) is 0 Å². The molecule has 1 amide bonds. The van der Waals surface area contributed by atoms with E-state index in [0.717, 1.165) is 23.8 Å². The number of carbonyl (C=O) groups excluding carboxylic acids is 1. The van der Waals surface area contributed by atoms with Crippen LogP contribution in [-0.4, -0.2) is 15.9 Å². The van der Waals surface area contributed by atoms with Crippen molar-refractivity contribution >= 4 is 17.3 Å². The Morgan fingerprint density at radius 3 is 2.67 bits per heavy atom. The standard InChI is InChI=1S/C14H11FN2O4/c1-8-2-4-11(15)12(6-8)16-14(19)10-7-9(18)3-5-13(10)17(20)21/h2-7,18H,1H3,(H,16,19). The number of anilines is 1. The molecule has 21 heavy (non-hydrogen) atoms. The number of nitro benzene ring substituents is 1. The van der Waals surface area contributed by atoms with Gasteiger partial charge in [-0.1, -0.05) is 6.07 Å². The van der Waals surface area contributed by atoms with Gasteiger partial charge in [0.25, 0.3) is 11.6 Å². The maximum absolute atomic E-state index is 13.6. The number of benzene rings is 2. The van der Waals surface area contributed by atoms with Crippen LogP contribution in [-0.2, 0) is 0 Å². The van der Waals surface area contributed by atoms with Gasteiger partial charge in [-0.3, -0.25) is 14.9 Å². The molecule has 0 saturated heterocycles. The predicted molar refractivity (Wildman–Crippen MR) is 73.9 cm³/mol. The van der Waals surface area contributed by atoms with E-state index >= 15 is 0 Å². The normalized spacial score (nSPS) is 10.2. The second kappa shape index (κ2) is 5.58. The van der Waals surface area contributed by atoms with Crippen molar-refractivity contribution < 1.29 is 19.2 Å². The second-order valence-electron chi connectivity index (χ2n) is 4.40. The van der Waals surface area contributed by atoms with Gasteiger partial charge < -0.3 is 10.4 Å². The molecule has 0 aliphatic heterocycles. The summed E-state index contributed by atoms with van der Waals surface area (Å²) in [4.78, 5) is 22.2. The van der Waals surface area contributed by atoms with Crippen molar-refractivity contribution in [1.82, 2.24) is 0 Å². The number of carbonyl (C=O) groups is 1. The van der Waals surface area contributed by atoms with E-state index in [1.807, 2.05) is 0 Å². The number of nitrogens with one attached hydrogen (secondary N) is 1. The number of hydrogen-bond acceptors (Lipinski definition) is 4. The lowest BCUT2D eigenvalue weighted by molar-refractivity contribution is -0.385. The summed E-state index contributed by atoms with van der Waals surface area (Å²) in [7, 11) is 0. The molecule has 0 spiro atoms. The van der Waals surface area contributed by atoms with Gasteiger partial charge in [-0.25, -0.2) is 4.39 Å². The average molecular weight is 290 g/mol. The van der Waals surface area contributed by atoms with E-state index in [9.17, 15) is 24.4 Å². The molecule has 2 N–H and O–H groups in total. The highest BCUT2D eigenvalue weighted by atomic mass is 19.1. The van der Waals surface area contributed by atoms with Crippen molar-refractivity contribution in [1.29, 1.82) is 0 Å². The molecule has 0 fully saturated rings. The van der Waals surface area contributed by atoms with Crippen LogP contribution in [0.5, 0.6) is 5.75 Å². The SMILES string of the molecule is Cc1ccc(F)c(NC(=O)c2cc(O)ccc2[N+](=O)[O-])c1. The first-order chi connectivity index (χ1) is 9.88. The van der Waals surface area contributed by atoms with Crippen LogP contribution in [0.1, 0.15) is 15.9 Å². The van der Waals surface area contributed by atoms with Gasteiger partial charge in [0, 0.05) is 6.07 Å². The Bertz CT molecular complexity index is 731. The van der Waals surface area contributed by atoms with Gasteiger partial charge in [-0.05, 0) is 36.8 Å². The van der Waals surface area contributed by atoms with E-state index in [1.165, 1.54) is 18.2 Å². The second-order valence-corrected chi connectivity index (χ2v) is 4.40. The third kappa shape index (κ3) is 3.14. The highest BCUT2D eigenvalue weighted by Gasteiger charge is 2.21. The number of nitrogens with zero attached hydrogens (tertiary/aromatic N) is 1. The zero-order chi connectivity index (χ0) is 15.6. The van der Waals surface area contributed by atoms with Gasteiger partial charge in [0.05, 0.1) is 10.6 Å². The molecule has 0 bridgehead atoms. The van der Waals surface area contributed by atoms with E-state index in [0.29, 0.717) is 0 Å². The number of rotatable bonds is 3. The Balaban J connectivity index is 2.39. The predicted octanol–water partition coefficient (Wildman–Crippen LogP) is 3.00. The summed E-state index contributed by atoms with van der Waals surface area (Å²) in [5.74, 6) is -1.82. The minimum atomic E-state index is -0.873. The monoisotopic (exact) mass is 290 g/mol. The molecule has 0 aliphatic rings. The lowest BCUT2D eigenvalue weighted by Crippen LogP contribution is -2.15. The average Bonchev–Trinajstić information content (AvgIpc) is 2.42. The molecule has 6 nitrogen and oxygen atoms in total. The summed E-state index contributed by atoms with van der Waals surface area (Å²) in [6.45, 7) is 1.71. The van der Waals surface area contributed by atoms with Gasteiger partial charge in [0.2, 0.25) is 0 Å². The minimum Gasteiger partial charge on any atom is -0.508 e. The van der Waals surface area contributed by atoms with E-state index in [-0.39, 0.29) is 17.0 Å². The quantitative estimate of drug-likeness (QED) is 0.671. The number of amides is 1. The molecule has 0 atom stereocenters. The zero-order valence-electron chi connectivity index (χ0n) is 11.0.